The van der Waals surface area contributed by atoms with Crippen LogP contribution in [-0.4, -0.2) is 39.4 Å². The number of fused-ring (bicyclic) bond motifs is 3. The number of carbonyl (C=O) groups excluding carboxylic acids is 1. The maximum Gasteiger partial charge on any atom is 0.230 e. The number of aromatic nitrogens is 3. The second-order valence-electron chi connectivity index (χ2n) is 6.73. The molecule has 6 nitrogen and oxygen atoms in total. The van der Waals surface area contributed by atoms with E-state index in [1.165, 1.54) is 24.6 Å². The molecule has 0 saturated heterocycles. The molecule has 1 aliphatic carbocycles. The molecule has 26 heavy (non-hydrogen) atoms. The maximum absolute atomic E-state index is 12.3. The summed E-state index contributed by atoms with van der Waals surface area (Å²) in [4.78, 5) is 12.3. The highest BCUT2D eigenvalue weighted by atomic mass is 32.2. The quantitative estimate of drug-likeness (QED) is 0.698. The van der Waals surface area contributed by atoms with Crippen LogP contribution in [0.4, 0.5) is 0 Å². The lowest BCUT2D eigenvalue weighted by Gasteiger charge is -2.11. The Kier molecular flexibility index (Phi) is 4.72. The van der Waals surface area contributed by atoms with E-state index in [9.17, 15) is 4.79 Å². The zero-order chi connectivity index (χ0) is 18.1. The molecule has 0 radical (unpaired) electrons. The fourth-order valence-corrected chi connectivity index (χ4v) is 4.33. The number of nitrogens with zero attached hydrogens (tertiary/aromatic N) is 3. The number of carbonyl (C=O) groups is 1. The number of nitrogens with one attached hydrogen (secondary N) is 1. The van der Waals surface area contributed by atoms with Crippen molar-refractivity contribution in [1.29, 1.82) is 0 Å². The molecule has 1 fully saturated rings. The van der Waals surface area contributed by atoms with E-state index in [4.69, 9.17) is 4.74 Å². The van der Waals surface area contributed by atoms with E-state index >= 15 is 0 Å². The fourth-order valence-electron chi connectivity index (χ4n) is 3.57. The first-order valence-electron chi connectivity index (χ1n) is 8.90. The van der Waals surface area contributed by atoms with Crippen LogP contribution in [0, 0.1) is 6.92 Å². The molecule has 136 valence electrons. The summed E-state index contributed by atoms with van der Waals surface area (Å²) in [7, 11) is 1.65. The van der Waals surface area contributed by atoms with Gasteiger partial charge in [-0.3, -0.25) is 9.20 Å². The topological polar surface area (TPSA) is 68.5 Å². The lowest BCUT2D eigenvalue weighted by molar-refractivity contribution is -0.119. The van der Waals surface area contributed by atoms with Crippen LogP contribution in [0.5, 0.6) is 5.75 Å². The molecule has 1 saturated carbocycles. The van der Waals surface area contributed by atoms with Gasteiger partial charge < -0.3 is 10.1 Å². The van der Waals surface area contributed by atoms with Crippen LogP contribution in [-0.2, 0) is 4.79 Å². The molecule has 2 heterocycles. The molecular weight excluding hydrogens is 348 g/mol. The minimum absolute atomic E-state index is 0.0631. The second-order valence-corrected chi connectivity index (χ2v) is 7.67. The Morgan fingerprint density at radius 3 is 2.88 bits per heavy atom. The minimum atomic E-state index is 0.0631. The third-order valence-corrected chi connectivity index (χ3v) is 5.82. The number of hydrogen-bond acceptors (Lipinski definition) is 5. The van der Waals surface area contributed by atoms with Gasteiger partial charge in [0.05, 0.1) is 18.4 Å². The van der Waals surface area contributed by atoms with Crippen molar-refractivity contribution in [2.75, 3.05) is 12.9 Å². The summed E-state index contributed by atoms with van der Waals surface area (Å²) in [6, 6.07) is 8.39. The van der Waals surface area contributed by atoms with Gasteiger partial charge in [-0.25, -0.2) is 0 Å². The van der Waals surface area contributed by atoms with Gasteiger partial charge in [-0.05, 0) is 48.9 Å². The highest BCUT2D eigenvalue weighted by molar-refractivity contribution is 7.99. The fraction of sp³-hybridized carbons (Fsp3) is 0.421. The highest BCUT2D eigenvalue weighted by Crippen LogP contribution is 2.28. The number of methoxy groups -OCH3 is 1. The number of aryl methyl sites for hydroxylation is 1. The SMILES string of the molecule is COc1ccc2cc(C)c3nnc(SCC(=O)NC4CCCC4)n3c2c1. The van der Waals surface area contributed by atoms with Gasteiger partial charge in [-0.2, -0.15) is 0 Å². The number of thioether (sulfide) groups is 1. The predicted octanol–water partition coefficient (Wildman–Crippen LogP) is 3.35. The molecule has 1 amide bonds. The number of benzene rings is 1. The van der Waals surface area contributed by atoms with Crippen LogP contribution >= 0.6 is 11.8 Å². The van der Waals surface area contributed by atoms with Gasteiger partial charge in [-0.15, -0.1) is 10.2 Å². The summed E-state index contributed by atoms with van der Waals surface area (Å²) >= 11 is 1.42. The summed E-state index contributed by atoms with van der Waals surface area (Å²) in [5.74, 6) is 1.19. The predicted molar refractivity (Wildman–Crippen MR) is 103 cm³/mol. The third-order valence-electron chi connectivity index (χ3n) is 4.89. The first kappa shape index (κ1) is 17.1. The number of hydrogen-bond donors (Lipinski definition) is 1. The number of amides is 1. The van der Waals surface area contributed by atoms with Crippen molar-refractivity contribution in [2.24, 2.45) is 0 Å². The normalized spacial score (nSPS) is 15.0. The van der Waals surface area contributed by atoms with Crippen LogP contribution < -0.4 is 10.1 Å². The Labute approximate surface area is 156 Å². The van der Waals surface area contributed by atoms with Gasteiger partial charge in [-0.1, -0.05) is 24.6 Å². The van der Waals surface area contributed by atoms with Crippen molar-refractivity contribution in [1.82, 2.24) is 19.9 Å². The van der Waals surface area contributed by atoms with Gasteiger partial charge in [0.15, 0.2) is 10.8 Å². The van der Waals surface area contributed by atoms with E-state index in [0.29, 0.717) is 11.8 Å². The average molecular weight is 370 g/mol. The molecule has 1 aromatic carbocycles. The van der Waals surface area contributed by atoms with Crippen molar-refractivity contribution < 1.29 is 9.53 Å². The molecule has 3 aromatic rings. The summed E-state index contributed by atoms with van der Waals surface area (Å²) in [6.07, 6.45) is 4.60. The van der Waals surface area contributed by atoms with Crippen LogP contribution in [0.25, 0.3) is 16.6 Å². The standard InChI is InChI=1S/C19H22N4O2S/c1-12-9-13-7-8-15(25-2)10-16(13)23-18(12)21-22-19(23)26-11-17(24)20-14-5-3-4-6-14/h7-10,14H,3-6,11H2,1-2H3,(H,20,24). The zero-order valence-electron chi connectivity index (χ0n) is 15.0. The molecule has 7 heteroatoms. The van der Waals surface area contributed by atoms with Gasteiger partial charge in [0.2, 0.25) is 5.91 Å². The first-order chi connectivity index (χ1) is 12.7. The summed E-state index contributed by atoms with van der Waals surface area (Å²) < 4.78 is 7.38. The monoisotopic (exact) mass is 370 g/mol. The van der Waals surface area contributed by atoms with E-state index in [1.54, 1.807) is 7.11 Å². The van der Waals surface area contributed by atoms with Crippen molar-refractivity contribution in [3.63, 3.8) is 0 Å². The number of pyridine rings is 1. The van der Waals surface area contributed by atoms with Crippen LogP contribution in [0.2, 0.25) is 0 Å². The molecule has 0 spiro atoms. The van der Waals surface area contributed by atoms with Gasteiger partial charge in [0.1, 0.15) is 5.75 Å². The molecular formula is C19H22N4O2S. The molecule has 1 aliphatic rings. The van der Waals surface area contributed by atoms with E-state index < -0.39 is 0 Å². The molecule has 0 atom stereocenters. The largest absolute Gasteiger partial charge is 0.497 e. The van der Waals surface area contributed by atoms with Crippen molar-refractivity contribution in [2.45, 2.75) is 43.8 Å². The summed E-state index contributed by atoms with van der Waals surface area (Å²) in [5.41, 5.74) is 2.84. The lowest BCUT2D eigenvalue weighted by atomic mass is 10.1. The van der Waals surface area contributed by atoms with Crippen molar-refractivity contribution in [3.8, 4) is 5.75 Å². The Morgan fingerprint density at radius 1 is 1.31 bits per heavy atom. The minimum Gasteiger partial charge on any atom is -0.497 e. The highest BCUT2D eigenvalue weighted by Gasteiger charge is 2.18. The van der Waals surface area contributed by atoms with Gasteiger partial charge in [0.25, 0.3) is 0 Å². The Bertz CT molecular complexity index is 963. The second kappa shape index (κ2) is 7.15. The number of rotatable bonds is 5. The summed E-state index contributed by atoms with van der Waals surface area (Å²) in [5, 5.41) is 13.6. The maximum atomic E-state index is 12.3. The number of ether oxygens (including phenoxy) is 1. The lowest BCUT2D eigenvalue weighted by Crippen LogP contribution is -2.33. The third kappa shape index (κ3) is 3.23. The van der Waals surface area contributed by atoms with Crippen LogP contribution in [0.3, 0.4) is 0 Å². The average Bonchev–Trinajstić information content (AvgIpc) is 3.30. The van der Waals surface area contributed by atoms with E-state index in [1.807, 2.05) is 29.5 Å². The Morgan fingerprint density at radius 2 is 2.12 bits per heavy atom. The van der Waals surface area contributed by atoms with Gasteiger partial charge >= 0.3 is 0 Å². The van der Waals surface area contributed by atoms with E-state index in [0.717, 1.165) is 45.9 Å². The van der Waals surface area contributed by atoms with Crippen LogP contribution in [0.1, 0.15) is 31.2 Å². The Hall–Kier alpha value is -2.28. The zero-order valence-corrected chi connectivity index (χ0v) is 15.8. The van der Waals surface area contributed by atoms with Gasteiger partial charge in [0, 0.05) is 12.1 Å². The molecule has 0 bridgehead atoms. The van der Waals surface area contributed by atoms with E-state index in [2.05, 4.69) is 21.6 Å². The molecule has 1 N–H and O–H groups in total. The van der Waals surface area contributed by atoms with Crippen molar-refractivity contribution in [3.05, 3.63) is 29.8 Å². The molecule has 2 aromatic heterocycles. The molecule has 4 rings (SSSR count). The molecule has 0 aliphatic heterocycles. The Balaban J connectivity index is 1.63. The van der Waals surface area contributed by atoms with Crippen LogP contribution in [0.15, 0.2) is 29.4 Å². The van der Waals surface area contributed by atoms with E-state index in [-0.39, 0.29) is 5.91 Å². The first-order valence-corrected chi connectivity index (χ1v) is 9.89. The summed E-state index contributed by atoms with van der Waals surface area (Å²) in [6.45, 7) is 2.02. The van der Waals surface area contributed by atoms with Crippen molar-refractivity contribution >= 4 is 34.2 Å². The smallest absolute Gasteiger partial charge is 0.230 e. The molecule has 0 unspecified atom stereocenters.